The van der Waals surface area contributed by atoms with Gasteiger partial charge in [0.1, 0.15) is 0 Å². The molecule has 2 N–H and O–H groups in total. The number of halogens is 2. The molecule has 110 valence electrons. The van der Waals surface area contributed by atoms with E-state index in [0.29, 0.717) is 16.6 Å². The first-order valence-electron chi connectivity index (χ1n) is 6.98. The van der Waals surface area contributed by atoms with Crippen LogP contribution in [0.5, 0.6) is 0 Å². The number of benzene rings is 2. The van der Waals surface area contributed by atoms with Crippen molar-refractivity contribution in [3.63, 3.8) is 0 Å². The van der Waals surface area contributed by atoms with Gasteiger partial charge in [-0.05, 0) is 36.4 Å². The summed E-state index contributed by atoms with van der Waals surface area (Å²) in [5.74, 6) is 0. The van der Waals surface area contributed by atoms with E-state index in [9.17, 15) is 0 Å². The normalized spacial score (nSPS) is 10.1. The average Bonchev–Trinajstić information content (AvgIpc) is 2.96. The van der Waals surface area contributed by atoms with Crippen molar-refractivity contribution in [2.75, 3.05) is 5.32 Å². The zero-order valence-corrected chi connectivity index (χ0v) is 13.6. The summed E-state index contributed by atoms with van der Waals surface area (Å²) >= 11 is 12.3. The third-order valence-electron chi connectivity index (χ3n) is 3.08. The molecule has 0 fully saturated rings. The summed E-state index contributed by atoms with van der Waals surface area (Å²) in [6.45, 7) is 4.61. The summed E-state index contributed by atoms with van der Waals surface area (Å²) in [6, 6.07) is 13.8. The number of hydrogen-bond acceptors (Lipinski definition) is 1. The molecule has 1 heterocycles. The zero-order chi connectivity index (χ0) is 15.2. The van der Waals surface area contributed by atoms with Crippen LogP contribution in [0.3, 0.4) is 0 Å². The van der Waals surface area contributed by atoms with Crippen LogP contribution >= 0.6 is 23.2 Å². The minimum Gasteiger partial charge on any atom is -0.381 e. The number of nitrogens with one attached hydrogen (secondary N) is 2. The van der Waals surface area contributed by atoms with Crippen molar-refractivity contribution in [3.05, 3.63) is 64.3 Å². The molecule has 0 aliphatic rings. The fourth-order valence-electron chi connectivity index (χ4n) is 2.05. The van der Waals surface area contributed by atoms with Crippen molar-refractivity contribution in [2.24, 2.45) is 0 Å². The molecule has 4 heteroatoms. The lowest BCUT2D eigenvalue weighted by Gasteiger charge is -2.10. The van der Waals surface area contributed by atoms with Gasteiger partial charge in [-0.25, -0.2) is 0 Å². The third kappa shape index (κ3) is 3.72. The second-order valence-electron chi connectivity index (χ2n) is 4.33. The third-order valence-corrected chi connectivity index (χ3v) is 3.79. The van der Waals surface area contributed by atoms with Gasteiger partial charge < -0.3 is 10.3 Å². The Morgan fingerprint density at radius 2 is 1.71 bits per heavy atom. The highest BCUT2D eigenvalue weighted by molar-refractivity contribution is 6.36. The van der Waals surface area contributed by atoms with Gasteiger partial charge in [-0.2, -0.15) is 0 Å². The number of fused-ring (bicyclic) bond motifs is 1. The molecule has 0 aliphatic heterocycles. The molecular weight excluding hydrogens is 303 g/mol. The fourth-order valence-corrected chi connectivity index (χ4v) is 2.59. The zero-order valence-electron chi connectivity index (χ0n) is 12.1. The summed E-state index contributed by atoms with van der Waals surface area (Å²) in [6.07, 6.45) is 1.93. The largest absolute Gasteiger partial charge is 0.381 e. The van der Waals surface area contributed by atoms with Gasteiger partial charge in [0, 0.05) is 44.9 Å². The summed E-state index contributed by atoms with van der Waals surface area (Å²) in [5.41, 5.74) is 3.09. The van der Waals surface area contributed by atoms with E-state index in [0.717, 1.165) is 16.8 Å². The van der Waals surface area contributed by atoms with Gasteiger partial charge >= 0.3 is 0 Å². The van der Waals surface area contributed by atoms with E-state index < -0.39 is 0 Å². The number of anilines is 1. The van der Waals surface area contributed by atoms with Crippen LogP contribution in [-0.4, -0.2) is 4.98 Å². The van der Waals surface area contributed by atoms with E-state index in [1.807, 2.05) is 56.4 Å². The first-order valence-corrected chi connectivity index (χ1v) is 7.73. The molecule has 3 rings (SSSR count). The van der Waals surface area contributed by atoms with E-state index in [4.69, 9.17) is 23.2 Å². The topological polar surface area (TPSA) is 27.8 Å². The highest BCUT2D eigenvalue weighted by Gasteiger charge is 2.05. The van der Waals surface area contributed by atoms with Crippen molar-refractivity contribution in [3.8, 4) is 0 Å². The van der Waals surface area contributed by atoms with E-state index in [-0.39, 0.29) is 0 Å². The SMILES string of the molecule is CC.Clc1cccc(Cl)c1CNc1ccc2[nH]ccc2c1. The lowest BCUT2D eigenvalue weighted by Crippen LogP contribution is -2.00. The molecule has 0 saturated heterocycles. The summed E-state index contributed by atoms with van der Waals surface area (Å²) in [4.78, 5) is 3.17. The van der Waals surface area contributed by atoms with E-state index in [1.165, 1.54) is 5.39 Å². The Morgan fingerprint density at radius 3 is 2.43 bits per heavy atom. The van der Waals surface area contributed by atoms with Gasteiger partial charge in [0.2, 0.25) is 0 Å². The lowest BCUT2D eigenvalue weighted by molar-refractivity contribution is 1.15. The van der Waals surface area contributed by atoms with Gasteiger partial charge in [-0.3, -0.25) is 0 Å². The van der Waals surface area contributed by atoms with Gasteiger partial charge in [0.15, 0.2) is 0 Å². The van der Waals surface area contributed by atoms with Crippen molar-refractivity contribution in [1.82, 2.24) is 4.98 Å². The molecule has 0 spiro atoms. The molecule has 2 nitrogen and oxygen atoms in total. The maximum absolute atomic E-state index is 6.14. The highest BCUT2D eigenvalue weighted by Crippen LogP contribution is 2.26. The van der Waals surface area contributed by atoms with Crippen LogP contribution in [-0.2, 0) is 6.54 Å². The molecule has 0 atom stereocenters. The molecule has 21 heavy (non-hydrogen) atoms. The van der Waals surface area contributed by atoms with Gasteiger partial charge in [-0.15, -0.1) is 0 Å². The average molecular weight is 321 g/mol. The van der Waals surface area contributed by atoms with Gasteiger partial charge in [0.05, 0.1) is 0 Å². The quantitative estimate of drug-likeness (QED) is 0.598. The standard InChI is InChI=1S/C15H12Cl2N2.C2H6/c16-13-2-1-3-14(17)12(13)9-19-11-4-5-15-10(8-11)6-7-18-15;1-2/h1-8,18-19H,9H2;1-2H3. The maximum atomic E-state index is 6.14. The molecule has 2 aromatic carbocycles. The van der Waals surface area contributed by atoms with E-state index >= 15 is 0 Å². The van der Waals surface area contributed by atoms with Crippen LogP contribution in [0.15, 0.2) is 48.7 Å². The fraction of sp³-hybridized carbons (Fsp3) is 0.176. The minimum absolute atomic E-state index is 0.606. The molecule has 3 aromatic rings. The smallest absolute Gasteiger partial charge is 0.0470 e. The maximum Gasteiger partial charge on any atom is 0.0470 e. The Bertz CT molecular complexity index is 699. The van der Waals surface area contributed by atoms with Crippen molar-refractivity contribution < 1.29 is 0 Å². The predicted molar refractivity (Wildman–Crippen MR) is 93.4 cm³/mol. The van der Waals surface area contributed by atoms with Crippen LogP contribution in [0.4, 0.5) is 5.69 Å². The second kappa shape index (κ2) is 7.39. The Kier molecular flexibility index (Phi) is 5.54. The summed E-state index contributed by atoms with van der Waals surface area (Å²) in [7, 11) is 0. The molecule has 0 unspecified atom stereocenters. The van der Waals surface area contributed by atoms with Crippen LogP contribution in [0.2, 0.25) is 10.0 Å². The first-order chi connectivity index (χ1) is 10.2. The van der Waals surface area contributed by atoms with Crippen LogP contribution < -0.4 is 5.32 Å². The first kappa shape index (κ1) is 15.7. The Balaban J connectivity index is 0.000000774. The van der Waals surface area contributed by atoms with E-state index in [1.54, 1.807) is 0 Å². The number of hydrogen-bond donors (Lipinski definition) is 2. The van der Waals surface area contributed by atoms with Crippen molar-refractivity contribution >= 4 is 39.8 Å². The highest BCUT2D eigenvalue weighted by atomic mass is 35.5. The number of H-pyrrole nitrogens is 1. The van der Waals surface area contributed by atoms with E-state index in [2.05, 4.69) is 16.4 Å². The summed E-state index contributed by atoms with van der Waals surface area (Å²) in [5, 5.41) is 5.88. The van der Waals surface area contributed by atoms with Gasteiger partial charge in [0.25, 0.3) is 0 Å². The Hall–Kier alpha value is -1.64. The van der Waals surface area contributed by atoms with Crippen LogP contribution in [0, 0.1) is 0 Å². The van der Waals surface area contributed by atoms with Crippen LogP contribution in [0.25, 0.3) is 10.9 Å². The molecule has 0 radical (unpaired) electrons. The lowest BCUT2D eigenvalue weighted by atomic mass is 10.2. The molecular formula is C17H18Cl2N2. The predicted octanol–water partition coefficient (Wildman–Crippen LogP) is 6.11. The molecule has 0 aliphatic carbocycles. The minimum atomic E-state index is 0.606. The van der Waals surface area contributed by atoms with Crippen LogP contribution in [0.1, 0.15) is 19.4 Å². The van der Waals surface area contributed by atoms with Crippen molar-refractivity contribution in [2.45, 2.75) is 20.4 Å². The molecule has 0 bridgehead atoms. The van der Waals surface area contributed by atoms with Crippen molar-refractivity contribution in [1.29, 1.82) is 0 Å². The monoisotopic (exact) mass is 320 g/mol. The number of aromatic amines is 1. The number of aromatic nitrogens is 1. The number of rotatable bonds is 3. The van der Waals surface area contributed by atoms with Gasteiger partial charge in [-0.1, -0.05) is 43.1 Å². The second-order valence-corrected chi connectivity index (χ2v) is 5.15. The molecule has 1 aromatic heterocycles. The Morgan fingerprint density at radius 1 is 1.00 bits per heavy atom. The Labute approximate surface area is 135 Å². The summed E-state index contributed by atoms with van der Waals surface area (Å²) < 4.78 is 0. The molecule has 0 saturated carbocycles. The molecule has 0 amide bonds.